The molecule has 0 fully saturated rings. The van der Waals surface area contributed by atoms with Gasteiger partial charge in [0, 0.05) is 23.7 Å². The molecule has 0 amide bonds. The van der Waals surface area contributed by atoms with E-state index in [1.54, 1.807) is 18.6 Å². The van der Waals surface area contributed by atoms with Gasteiger partial charge in [0.25, 0.3) is 0 Å². The van der Waals surface area contributed by atoms with Gasteiger partial charge in [0.15, 0.2) is 11.6 Å². The first-order chi connectivity index (χ1) is 12.1. The Labute approximate surface area is 145 Å². The van der Waals surface area contributed by atoms with Crippen molar-refractivity contribution in [1.82, 2.24) is 29.7 Å². The molecule has 3 heterocycles. The highest BCUT2D eigenvalue weighted by Gasteiger charge is 2.18. The second-order valence-corrected chi connectivity index (χ2v) is 6.26. The fraction of sp³-hybridized carbons (Fsp3) is 0.211. The number of benzene rings is 1. The number of para-hydroxylation sites is 1. The summed E-state index contributed by atoms with van der Waals surface area (Å²) in [5.74, 6) is 1.65. The summed E-state index contributed by atoms with van der Waals surface area (Å²) in [5.41, 5.74) is 3.32. The number of pyridine rings is 1. The van der Waals surface area contributed by atoms with Crippen molar-refractivity contribution in [2.45, 2.75) is 26.7 Å². The molecule has 0 atom stereocenters. The minimum atomic E-state index is 0.210. The first-order valence-electron chi connectivity index (χ1n) is 8.23. The summed E-state index contributed by atoms with van der Waals surface area (Å²) in [7, 11) is 0. The lowest BCUT2D eigenvalue weighted by atomic mass is 10.2. The molecule has 0 N–H and O–H groups in total. The average molecular weight is 330 g/mol. The van der Waals surface area contributed by atoms with E-state index in [1.165, 1.54) is 0 Å². The number of hydrogen-bond donors (Lipinski definition) is 0. The van der Waals surface area contributed by atoms with Crippen molar-refractivity contribution in [1.29, 1.82) is 0 Å². The molecule has 6 nitrogen and oxygen atoms in total. The van der Waals surface area contributed by atoms with E-state index in [0.717, 1.165) is 28.1 Å². The Hall–Kier alpha value is -3.15. The molecule has 0 aliphatic heterocycles. The van der Waals surface area contributed by atoms with Crippen LogP contribution in [0.5, 0.6) is 0 Å². The molecule has 1 aromatic carbocycles. The van der Waals surface area contributed by atoms with Crippen LogP contribution in [0.15, 0.2) is 48.9 Å². The van der Waals surface area contributed by atoms with Gasteiger partial charge in [-0.1, -0.05) is 32.0 Å². The lowest BCUT2D eigenvalue weighted by Crippen LogP contribution is -2.03. The van der Waals surface area contributed by atoms with Crippen molar-refractivity contribution >= 4 is 10.9 Å². The van der Waals surface area contributed by atoms with Crippen LogP contribution >= 0.6 is 0 Å². The topological polar surface area (TPSA) is 69.4 Å². The van der Waals surface area contributed by atoms with E-state index in [9.17, 15) is 0 Å². The number of fused-ring (bicyclic) bond motifs is 1. The second kappa shape index (κ2) is 6.05. The summed E-state index contributed by atoms with van der Waals surface area (Å²) in [6.45, 7) is 6.06. The highest BCUT2D eigenvalue weighted by Crippen LogP contribution is 2.26. The van der Waals surface area contributed by atoms with Gasteiger partial charge in [-0.15, -0.1) is 0 Å². The van der Waals surface area contributed by atoms with E-state index in [-0.39, 0.29) is 5.92 Å². The highest BCUT2D eigenvalue weighted by molar-refractivity contribution is 5.86. The third-order valence-corrected chi connectivity index (χ3v) is 3.99. The molecule has 0 aliphatic rings. The SMILES string of the molecule is Cc1cnc(-c2nc(C(C)C)nn2-c2cccc3cccnc23)cn1. The number of aryl methyl sites for hydroxylation is 1. The summed E-state index contributed by atoms with van der Waals surface area (Å²) in [6.07, 6.45) is 5.26. The molecule has 0 bridgehead atoms. The molecular formula is C19H18N6. The lowest BCUT2D eigenvalue weighted by molar-refractivity contribution is 0.755. The maximum atomic E-state index is 4.73. The Balaban J connectivity index is 1.98. The summed E-state index contributed by atoms with van der Waals surface area (Å²) in [5, 5.41) is 5.78. The average Bonchev–Trinajstić information content (AvgIpc) is 3.07. The molecular weight excluding hydrogens is 312 g/mol. The maximum absolute atomic E-state index is 4.73. The third kappa shape index (κ3) is 2.76. The molecule has 0 radical (unpaired) electrons. The molecule has 3 aromatic heterocycles. The summed E-state index contributed by atoms with van der Waals surface area (Å²) < 4.78 is 1.82. The molecule has 0 saturated heterocycles. The highest BCUT2D eigenvalue weighted by atomic mass is 15.4. The maximum Gasteiger partial charge on any atom is 0.183 e. The smallest absolute Gasteiger partial charge is 0.183 e. The molecule has 0 aliphatic carbocycles. The Bertz CT molecular complexity index is 1030. The molecule has 0 unspecified atom stereocenters. The van der Waals surface area contributed by atoms with E-state index < -0.39 is 0 Å². The quantitative estimate of drug-likeness (QED) is 0.573. The van der Waals surface area contributed by atoms with Gasteiger partial charge >= 0.3 is 0 Å². The van der Waals surface area contributed by atoms with Crippen LogP contribution in [0.3, 0.4) is 0 Å². The Morgan fingerprint density at radius 1 is 0.960 bits per heavy atom. The van der Waals surface area contributed by atoms with Crippen LogP contribution < -0.4 is 0 Å². The van der Waals surface area contributed by atoms with Gasteiger partial charge in [0.2, 0.25) is 0 Å². The minimum absolute atomic E-state index is 0.210. The standard InChI is InChI=1S/C19H18N6/c1-12(2)18-23-19(15-11-21-13(3)10-22-15)25(24-18)16-8-4-6-14-7-5-9-20-17(14)16/h4-12H,1-3H3. The van der Waals surface area contributed by atoms with Gasteiger partial charge in [-0.05, 0) is 19.1 Å². The van der Waals surface area contributed by atoms with Crippen molar-refractivity contribution in [3.63, 3.8) is 0 Å². The molecule has 0 spiro atoms. The van der Waals surface area contributed by atoms with Crippen molar-refractivity contribution < 1.29 is 0 Å². The van der Waals surface area contributed by atoms with Gasteiger partial charge in [0.05, 0.1) is 23.1 Å². The van der Waals surface area contributed by atoms with E-state index in [4.69, 9.17) is 10.1 Å². The van der Waals surface area contributed by atoms with E-state index >= 15 is 0 Å². The van der Waals surface area contributed by atoms with Crippen molar-refractivity contribution in [3.8, 4) is 17.2 Å². The minimum Gasteiger partial charge on any atom is -0.258 e. The zero-order valence-corrected chi connectivity index (χ0v) is 14.4. The first-order valence-corrected chi connectivity index (χ1v) is 8.23. The summed E-state index contributed by atoms with van der Waals surface area (Å²) in [4.78, 5) is 18.1. The fourth-order valence-corrected chi connectivity index (χ4v) is 2.67. The van der Waals surface area contributed by atoms with Gasteiger partial charge in [-0.25, -0.2) is 14.6 Å². The normalized spacial score (nSPS) is 11.4. The van der Waals surface area contributed by atoms with Crippen molar-refractivity contribution in [2.24, 2.45) is 0 Å². The van der Waals surface area contributed by atoms with E-state index in [2.05, 4.69) is 28.8 Å². The largest absolute Gasteiger partial charge is 0.258 e. The predicted molar refractivity (Wildman–Crippen MR) is 96.5 cm³/mol. The Kier molecular flexibility index (Phi) is 3.72. The van der Waals surface area contributed by atoms with Crippen LogP contribution in [0.4, 0.5) is 0 Å². The van der Waals surface area contributed by atoms with Gasteiger partial charge in [-0.2, -0.15) is 5.10 Å². The van der Waals surface area contributed by atoms with Crippen LogP contribution in [0.1, 0.15) is 31.3 Å². The van der Waals surface area contributed by atoms with Crippen LogP contribution in [0.2, 0.25) is 0 Å². The fourth-order valence-electron chi connectivity index (χ4n) is 2.67. The number of rotatable bonds is 3. The molecule has 124 valence electrons. The molecule has 4 aromatic rings. The van der Waals surface area contributed by atoms with Crippen LogP contribution in [-0.2, 0) is 0 Å². The zero-order valence-electron chi connectivity index (χ0n) is 14.4. The van der Waals surface area contributed by atoms with Crippen LogP contribution in [0.25, 0.3) is 28.1 Å². The van der Waals surface area contributed by atoms with Crippen LogP contribution in [-0.4, -0.2) is 29.7 Å². The van der Waals surface area contributed by atoms with Gasteiger partial charge < -0.3 is 0 Å². The number of nitrogens with zero attached hydrogens (tertiary/aromatic N) is 6. The molecule has 6 heteroatoms. The van der Waals surface area contributed by atoms with Crippen molar-refractivity contribution in [3.05, 3.63) is 60.4 Å². The number of hydrogen-bond acceptors (Lipinski definition) is 5. The first kappa shape index (κ1) is 15.4. The zero-order chi connectivity index (χ0) is 17.4. The molecule has 25 heavy (non-hydrogen) atoms. The third-order valence-electron chi connectivity index (χ3n) is 3.99. The monoisotopic (exact) mass is 330 g/mol. The van der Waals surface area contributed by atoms with Crippen LogP contribution in [0, 0.1) is 6.92 Å². The number of aromatic nitrogens is 6. The summed E-state index contributed by atoms with van der Waals surface area (Å²) >= 11 is 0. The van der Waals surface area contributed by atoms with Gasteiger partial charge in [0.1, 0.15) is 5.69 Å². The Morgan fingerprint density at radius 2 is 1.80 bits per heavy atom. The van der Waals surface area contributed by atoms with E-state index in [0.29, 0.717) is 11.5 Å². The van der Waals surface area contributed by atoms with Crippen molar-refractivity contribution in [2.75, 3.05) is 0 Å². The molecule has 0 saturated carbocycles. The lowest BCUT2D eigenvalue weighted by Gasteiger charge is -2.08. The second-order valence-electron chi connectivity index (χ2n) is 6.26. The van der Waals surface area contributed by atoms with Gasteiger partial charge in [-0.3, -0.25) is 9.97 Å². The predicted octanol–water partition coefficient (Wildman–Crippen LogP) is 3.70. The molecule has 4 rings (SSSR count). The Morgan fingerprint density at radius 3 is 2.56 bits per heavy atom. The van der Waals surface area contributed by atoms with E-state index in [1.807, 2.05) is 41.9 Å². The summed E-state index contributed by atoms with van der Waals surface area (Å²) in [6, 6.07) is 10.0.